The Morgan fingerprint density at radius 3 is 1.12 bits per heavy atom. The molecule has 5 amide bonds. The Balaban J connectivity index is -0.000000124. The highest BCUT2D eigenvalue weighted by Crippen LogP contribution is 1.84. The third-order valence-electron chi connectivity index (χ3n) is 1.89. The van der Waals surface area contributed by atoms with Crippen LogP contribution in [0.2, 0.25) is 0 Å². The molecule has 9 heteroatoms. The highest BCUT2D eigenvalue weighted by Gasteiger charge is 1.96. The number of amides is 5. The number of urea groups is 1. The maximum absolute atomic E-state index is 10.1. The molecule has 0 spiro atoms. The van der Waals surface area contributed by atoms with Gasteiger partial charge >= 0.3 is 6.03 Å². The predicted octanol–water partition coefficient (Wildman–Crippen LogP) is 0.863. The Morgan fingerprint density at radius 2 is 1.12 bits per heavy atom. The molecule has 0 saturated heterocycles. The largest absolute Gasteiger partial charge is 0.369 e. The second-order valence-electron chi connectivity index (χ2n) is 6.51. The van der Waals surface area contributed by atoms with E-state index in [4.69, 9.17) is 11.5 Å². The summed E-state index contributed by atoms with van der Waals surface area (Å²) in [4.78, 5) is 39.5. The molecular weight excluding hydrogens is 338 g/mol. The molecule has 0 aromatic heterocycles. The van der Waals surface area contributed by atoms with Gasteiger partial charge < -0.3 is 27.4 Å². The van der Waals surface area contributed by atoms with E-state index < -0.39 is 6.03 Å². The van der Waals surface area contributed by atoms with E-state index in [1.165, 1.54) is 6.92 Å². The van der Waals surface area contributed by atoms with Crippen molar-refractivity contribution in [3.05, 3.63) is 0 Å². The summed E-state index contributed by atoms with van der Waals surface area (Å²) in [5, 5.41) is 7.64. The fraction of sp³-hybridized carbons (Fsp3) is 0.765. The molecule has 0 bridgehead atoms. The van der Waals surface area contributed by atoms with Gasteiger partial charge in [0, 0.05) is 31.0 Å². The van der Waals surface area contributed by atoms with Crippen LogP contribution in [0.1, 0.15) is 62.3 Å². The standard InChI is InChI=1S/C5H11NO.C4H10N2O.2C4H9NO/c1-4(2)6-5(3)7;1-3(2)6-4(5)7;1-4(2)5-3-6;1-3(2)4(5)6/h4H,1-3H3,(H,6,7);3H,1-2H3,(H3,5,6,7);3-4H,1-2H3,(H,5,6);3H,1-2H3,(H2,5,6). The number of carbonyl (C=O) groups excluding carboxylic acids is 4. The fourth-order valence-corrected chi connectivity index (χ4v) is 0.827. The molecule has 0 aromatic carbocycles. The van der Waals surface area contributed by atoms with Gasteiger partial charge in [-0.1, -0.05) is 13.8 Å². The van der Waals surface area contributed by atoms with Gasteiger partial charge in [-0.25, -0.2) is 4.79 Å². The molecule has 0 saturated carbocycles. The SMILES string of the molecule is CC(=O)NC(C)C.CC(C)C(N)=O.CC(C)NC(N)=O.CC(C)NC=O. The summed E-state index contributed by atoms with van der Waals surface area (Å²) in [5.41, 5.74) is 9.54. The molecule has 0 rings (SSSR count). The van der Waals surface area contributed by atoms with Crippen LogP contribution in [0.3, 0.4) is 0 Å². The zero-order valence-electron chi connectivity index (χ0n) is 17.7. The number of carbonyl (C=O) groups is 4. The monoisotopic (exact) mass is 377 g/mol. The number of nitrogens with two attached hydrogens (primary N) is 2. The van der Waals surface area contributed by atoms with E-state index in [1.54, 1.807) is 13.8 Å². The van der Waals surface area contributed by atoms with Crippen LogP contribution in [0.4, 0.5) is 4.79 Å². The van der Waals surface area contributed by atoms with Gasteiger partial charge in [0.1, 0.15) is 0 Å². The number of hydrogen-bond acceptors (Lipinski definition) is 4. The first kappa shape index (κ1) is 31.4. The Bertz CT molecular complexity index is 363. The van der Waals surface area contributed by atoms with Gasteiger partial charge in [-0.2, -0.15) is 0 Å². The zero-order valence-corrected chi connectivity index (χ0v) is 17.7. The molecule has 0 radical (unpaired) electrons. The zero-order chi connectivity index (χ0) is 21.9. The van der Waals surface area contributed by atoms with Gasteiger partial charge in [0.2, 0.25) is 18.2 Å². The second kappa shape index (κ2) is 20.7. The van der Waals surface area contributed by atoms with Gasteiger partial charge in [-0.05, 0) is 41.5 Å². The Labute approximate surface area is 158 Å². The first-order chi connectivity index (χ1) is 11.7. The molecule has 0 aliphatic heterocycles. The van der Waals surface area contributed by atoms with Gasteiger partial charge in [0.25, 0.3) is 0 Å². The minimum atomic E-state index is -0.463. The van der Waals surface area contributed by atoms with Crippen LogP contribution in [0, 0.1) is 5.92 Å². The van der Waals surface area contributed by atoms with Crippen LogP contribution in [0.5, 0.6) is 0 Å². The van der Waals surface area contributed by atoms with E-state index in [9.17, 15) is 19.2 Å². The normalized spacial score (nSPS) is 8.96. The number of rotatable bonds is 5. The minimum Gasteiger partial charge on any atom is -0.369 e. The summed E-state index contributed by atoms with van der Waals surface area (Å²) in [5.74, 6) is -0.213. The van der Waals surface area contributed by atoms with E-state index in [-0.39, 0.29) is 35.9 Å². The maximum Gasteiger partial charge on any atom is 0.312 e. The summed E-state index contributed by atoms with van der Waals surface area (Å²) in [6.07, 6.45) is 0.699. The average Bonchev–Trinajstić information content (AvgIpc) is 2.36. The molecule has 0 aliphatic rings. The van der Waals surface area contributed by atoms with E-state index in [0.717, 1.165) is 0 Å². The highest BCUT2D eigenvalue weighted by atomic mass is 16.2. The third-order valence-corrected chi connectivity index (χ3v) is 1.89. The molecule has 26 heavy (non-hydrogen) atoms. The minimum absolute atomic E-state index is 0.00926. The van der Waals surface area contributed by atoms with Gasteiger partial charge in [-0.3, -0.25) is 14.4 Å². The Morgan fingerprint density at radius 1 is 0.769 bits per heavy atom. The molecule has 0 aliphatic carbocycles. The van der Waals surface area contributed by atoms with Crippen molar-refractivity contribution < 1.29 is 19.2 Å². The predicted molar refractivity (Wildman–Crippen MR) is 105 cm³/mol. The topological polar surface area (TPSA) is 156 Å². The fourth-order valence-electron chi connectivity index (χ4n) is 0.827. The molecule has 9 nitrogen and oxygen atoms in total. The van der Waals surface area contributed by atoms with E-state index in [0.29, 0.717) is 6.41 Å². The number of hydrogen-bond donors (Lipinski definition) is 5. The summed E-state index contributed by atoms with van der Waals surface area (Å²) < 4.78 is 0. The van der Waals surface area contributed by atoms with Gasteiger partial charge in [0.15, 0.2) is 0 Å². The van der Waals surface area contributed by atoms with Crippen LogP contribution in [0.15, 0.2) is 0 Å². The molecular formula is C17H39N5O4. The maximum atomic E-state index is 10.1. The highest BCUT2D eigenvalue weighted by molar-refractivity contribution is 5.75. The van der Waals surface area contributed by atoms with Crippen molar-refractivity contribution in [3.8, 4) is 0 Å². The van der Waals surface area contributed by atoms with Gasteiger partial charge in [0.05, 0.1) is 0 Å². The van der Waals surface area contributed by atoms with Crippen molar-refractivity contribution in [3.63, 3.8) is 0 Å². The quantitative estimate of drug-likeness (QED) is 0.450. The molecule has 7 N–H and O–H groups in total. The summed E-state index contributed by atoms with van der Waals surface area (Å²) >= 11 is 0. The van der Waals surface area contributed by atoms with Crippen molar-refractivity contribution in [2.75, 3.05) is 0 Å². The van der Waals surface area contributed by atoms with Gasteiger partial charge in [-0.15, -0.1) is 0 Å². The smallest absolute Gasteiger partial charge is 0.312 e. The lowest BCUT2D eigenvalue weighted by Gasteiger charge is -2.02. The van der Waals surface area contributed by atoms with Crippen molar-refractivity contribution in [2.24, 2.45) is 17.4 Å². The van der Waals surface area contributed by atoms with E-state index >= 15 is 0 Å². The second-order valence-corrected chi connectivity index (χ2v) is 6.51. The van der Waals surface area contributed by atoms with Crippen molar-refractivity contribution in [1.29, 1.82) is 0 Å². The third kappa shape index (κ3) is 57.7. The van der Waals surface area contributed by atoms with Crippen LogP contribution in [-0.2, 0) is 14.4 Å². The number of nitrogens with one attached hydrogen (secondary N) is 3. The van der Waals surface area contributed by atoms with Crippen LogP contribution in [0.25, 0.3) is 0 Å². The van der Waals surface area contributed by atoms with E-state index in [1.807, 2.05) is 41.5 Å². The van der Waals surface area contributed by atoms with E-state index in [2.05, 4.69) is 16.0 Å². The summed E-state index contributed by atoms with van der Waals surface area (Å²) in [7, 11) is 0. The lowest BCUT2D eigenvalue weighted by molar-refractivity contribution is -0.121. The first-order valence-corrected chi connectivity index (χ1v) is 8.49. The van der Waals surface area contributed by atoms with Crippen LogP contribution >= 0.6 is 0 Å². The Hall–Kier alpha value is -2.32. The molecule has 0 fully saturated rings. The first-order valence-electron chi connectivity index (χ1n) is 8.49. The molecule has 0 unspecified atom stereocenters. The van der Waals surface area contributed by atoms with Crippen molar-refractivity contribution in [1.82, 2.24) is 16.0 Å². The van der Waals surface area contributed by atoms with Crippen LogP contribution in [-0.4, -0.2) is 42.4 Å². The molecule has 156 valence electrons. The Kier molecular flexibility index (Phi) is 25.1. The molecule has 0 atom stereocenters. The average molecular weight is 378 g/mol. The van der Waals surface area contributed by atoms with Crippen molar-refractivity contribution >= 4 is 24.3 Å². The van der Waals surface area contributed by atoms with Crippen molar-refractivity contribution in [2.45, 2.75) is 80.4 Å². The number of primary amides is 2. The molecule has 0 heterocycles. The van der Waals surface area contributed by atoms with Crippen LogP contribution < -0.4 is 27.4 Å². The molecule has 0 aromatic rings. The lowest BCUT2D eigenvalue weighted by Crippen LogP contribution is -2.34. The lowest BCUT2D eigenvalue weighted by atomic mass is 10.2. The summed E-state index contributed by atoms with van der Waals surface area (Å²) in [6.45, 7) is 16.4. The summed E-state index contributed by atoms with van der Waals surface area (Å²) in [6, 6.07) is 0.243.